The number of nitrogens with zero attached hydrogens (tertiary/aromatic N) is 1. The highest BCUT2D eigenvalue weighted by Crippen LogP contribution is 2.47. The molecule has 0 spiro atoms. The SMILES string of the molecule is CCCN(C)CCNC(C)(C)C(C)(C)C(C)(C)COC(C)(C)c1cccc(C)c1. The molecule has 1 aromatic rings. The average molecular weight is 405 g/mol. The van der Waals surface area contributed by atoms with Crippen LogP contribution >= 0.6 is 0 Å². The molecule has 0 amide bonds. The fourth-order valence-corrected chi connectivity index (χ4v) is 3.76. The molecule has 0 aliphatic heterocycles. The van der Waals surface area contributed by atoms with E-state index in [-0.39, 0.29) is 22.0 Å². The summed E-state index contributed by atoms with van der Waals surface area (Å²) in [5.74, 6) is 0. The molecule has 0 unspecified atom stereocenters. The van der Waals surface area contributed by atoms with Crippen molar-refractivity contribution in [2.45, 2.75) is 86.8 Å². The van der Waals surface area contributed by atoms with Gasteiger partial charge < -0.3 is 15.0 Å². The van der Waals surface area contributed by atoms with Crippen LogP contribution in [0.3, 0.4) is 0 Å². The standard InChI is InChI=1S/C26H48N2O/c1-12-17-28(11)18-16-27-26(9,10)25(7,8)23(3,4)20-29-24(5,6)22-15-13-14-21(2)19-22/h13-15,19,27H,12,16-18,20H2,1-11H3. The number of likely N-dealkylation sites (N-methyl/N-ethyl adjacent to an activating group) is 1. The summed E-state index contributed by atoms with van der Waals surface area (Å²) in [5, 5.41) is 3.83. The first-order valence-corrected chi connectivity index (χ1v) is 11.3. The van der Waals surface area contributed by atoms with Crippen molar-refractivity contribution in [1.29, 1.82) is 0 Å². The molecule has 0 saturated heterocycles. The number of benzene rings is 1. The first-order chi connectivity index (χ1) is 13.2. The number of aryl methyl sites for hydroxylation is 1. The van der Waals surface area contributed by atoms with Gasteiger partial charge in [0.1, 0.15) is 0 Å². The number of hydrogen-bond acceptors (Lipinski definition) is 3. The molecule has 1 N–H and O–H groups in total. The van der Waals surface area contributed by atoms with E-state index in [2.05, 4.69) is 111 Å². The molecular weight excluding hydrogens is 356 g/mol. The topological polar surface area (TPSA) is 24.5 Å². The molecule has 0 saturated carbocycles. The minimum Gasteiger partial charge on any atom is -0.370 e. The Morgan fingerprint density at radius 1 is 0.966 bits per heavy atom. The maximum atomic E-state index is 6.56. The summed E-state index contributed by atoms with van der Waals surface area (Å²) in [6, 6.07) is 8.66. The molecule has 3 nitrogen and oxygen atoms in total. The highest BCUT2D eigenvalue weighted by molar-refractivity contribution is 5.26. The number of ether oxygens (including phenoxy) is 1. The van der Waals surface area contributed by atoms with Gasteiger partial charge in [0, 0.05) is 18.6 Å². The second-order valence-electron chi connectivity index (χ2n) is 11.0. The van der Waals surface area contributed by atoms with Gasteiger partial charge in [-0.05, 0) is 71.0 Å². The molecule has 0 aromatic heterocycles. The third-order valence-corrected chi connectivity index (χ3v) is 7.43. The predicted molar refractivity (Wildman–Crippen MR) is 128 cm³/mol. The molecule has 0 atom stereocenters. The highest BCUT2D eigenvalue weighted by atomic mass is 16.5. The molecule has 29 heavy (non-hydrogen) atoms. The maximum absolute atomic E-state index is 6.56. The van der Waals surface area contributed by atoms with Crippen LogP contribution in [0.15, 0.2) is 24.3 Å². The van der Waals surface area contributed by atoms with Crippen LogP contribution < -0.4 is 5.32 Å². The van der Waals surface area contributed by atoms with E-state index in [9.17, 15) is 0 Å². The van der Waals surface area contributed by atoms with E-state index in [1.807, 2.05) is 0 Å². The van der Waals surface area contributed by atoms with Crippen LogP contribution in [-0.4, -0.2) is 43.7 Å². The zero-order valence-electron chi connectivity index (χ0n) is 21.2. The summed E-state index contributed by atoms with van der Waals surface area (Å²) in [4.78, 5) is 2.40. The van der Waals surface area contributed by atoms with E-state index in [0.717, 1.165) is 19.6 Å². The summed E-state index contributed by atoms with van der Waals surface area (Å²) < 4.78 is 6.56. The molecule has 0 aliphatic carbocycles. The molecule has 0 fully saturated rings. The Balaban J connectivity index is 2.81. The lowest BCUT2D eigenvalue weighted by molar-refractivity contribution is -0.109. The van der Waals surface area contributed by atoms with Gasteiger partial charge in [-0.1, -0.05) is 64.4 Å². The highest BCUT2D eigenvalue weighted by Gasteiger charge is 2.48. The first-order valence-electron chi connectivity index (χ1n) is 11.3. The van der Waals surface area contributed by atoms with Crippen molar-refractivity contribution in [2.24, 2.45) is 10.8 Å². The van der Waals surface area contributed by atoms with Crippen LogP contribution in [0.25, 0.3) is 0 Å². The predicted octanol–water partition coefficient (Wildman–Crippen LogP) is 6.01. The van der Waals surface area contributed by atoms with Crippen molar-refractivity contribution >= 4 is 0 Å². The van der Waals surface area contributed by atoms with Gasteiger partial charge in [-0.2, -0.15) is 0 Å². The minimum absolute atomic E-state index is 0.0000840. The molecule has 0 aliphatic rings. The Labute approximate surface area is 181 Å². The Kier molecular flexibility index (Phi) is 8.96. The van der Waals surface area contributed by atoms with Crippen molar-refractivity contribution in [3.63, 3.8) is 0 Å². The molecular formula is C26H48N2O. The fourth-order valence-electron chi connectivity index (χ4n) is 3.76. The Hall–Kier alpha value is -0.900. The smallest absolute Gasteiger partial charge is 0.0875 e. The normalized spacial score (nSPS) is 13.9. The van der Waals surface area contributed by atoms with Gasteiger partial charge >= 0.3 is 0 Å². The Morgan fingerprint density at radius 3 is 2.14 bits per heavy atom. The quantitative estimate of drug-likeness (QED) is 0.462. The number of nitrogens with one attached hydrogen (secondary N) is 1. The van der Waals surface area contributed by atoms with Crippen LogP contribution in [0.4, 0.5) is 0 Å². The van der Waals surface area contributed by atoms with Crippen LogP contribution in [0.2, 0.25) is 0 Å². The van der Waals surface area contributed by atoms with Gasteiger partial charge in [-0.3, -0.25) is 0 Å². The van der Waals surface area contributed by atoms with E-state index >= 15 is 0 Å². The third-order valence-electron chi connectivity index (χ3n) is 7.43. The fraction of sp³-hybridized carbons (Fsp3) is 0.769. The van der Waals surface area contributed by atoms with Gasteiger partial charge in [0.15, 0.2) is 0 Å². The summed E-state index contributed by atoms with van der Waals surface area (Å²) in [6.45, 7) is 26.8. The van der Waals surface area contributed by atoms with E-state index < -0.39 is 0 Å². The van der Waals surface area contributed by atoms with E-state index in [4.69, 9.17) is 4.74 Å². The third kappa shape index (κ3) is 6.80. The molecule has 1 rings (SSSR count). The van der Waals surface area contributed by atoms with Crippen LogP contribution in [0, 0.1) is 17.8 Å². The van der Waals surface area contributed by atoms with Crippen molar-refractivity contribution < 1.29 is 4.74 Å². The van der Waals surface area contributed by atoms with E-state index in [0.29, 0.717) is 6.61 Å². The molecule has 0 heterocycles. The van der Waals surface area contributed by atoms with Crippen molar-refractivity contribution in [1.82, 2.24) is 10.2 Å². The van der Waals surface area contributed by atoms with Gasteiger partial charge in [-0.25, -0.2) is 0 Å². The molecule has 168 valence electrons. The van der Waals surface area contributed by atoms with Crippen molar-refractivity contribution in [3.8, 4) is 0 Å². The average Bonchev–Trinajstić information content (AvgIpc) is 2.60. The Bertz CT molecular complexity index is 631. The molecule has 0 radical (unpaired) electrons. The maximum Gasteiger partial charge on any atom is 0.0875 e. The van der Waals surface area contributed by atoms with E-state index in [1.54, 1.807) is 0 Å². The summed E-state index contributed by atoms with van der Waals surface area (Å²) in [5.41, 5.74) is 2.23. The first kappa shape index (κ1) is 26.1. The summed E-state index contributed by atoms with van der Waals surface area (Å²) in [7, 11) is 2.20. The zero-order chi connectivity index (χ0) is 22.5. The molecule has 3 heteroatoms. The van der Waals surface area contributed by atoms with Gasteiger partial charge in [0.05, 0.1) is 12.2 Å². The van der Waals surface area contributed by atoms with Gasteiger partial charge in [-0.15, -0.1) is 0 Å². The lowest BCUT2D eigenvalue weighted by atomic mass is 9.58. The zero-order valence-corrected chi connectivity index (χ0v) is 21.2. The second-order valence-corrected chi connectivity index (χ2v) is 11.0. The molecule has 0 bridgehead atoms. The second kappa shape index (κ2) is 9.94. The summed E-state index contributed by atoms with van der Waals surface area (Å²) >= 11 is 0. The largest absolute Gasteiger partial charge is 0.370 e. The van der Waals surface area contributed by atoms with Crippen LogP contribution in [0.1, 0.15) is 79.9 Å². The van der Waals surface area contributed by atoms with Gasteiger partial charge in [0.25, 0.3) is 0 Å². The Morgan fingerprint density at radius 2 is 1.59 bits per heavy atom. The van der Waals surface area contributed by atoms with Crippen molar-refractivity contribution in [2.75, 3.05) is 33.3 Å². The van der Waals surface area contributed by atoms with Crippen LogP contribution in [0.5, 0.6) is 0 Å². The lowest BCUT2D eigenvalue weighted by Gasteiger charge is -2.53. The van der Waals surface area contributed by atoms with Crippen LogP contribution in [-0.2, 0) is 10.3 Å². The monoisotopic (exact) mass is 404 g/mol. The number of hydrogen-bond donors (Lipinski definition) is 1. The van der Waals surface area contributed by atoms with Crippen molar-refractivity contribution in [3.05, 3.63) is 35.4 Å². The van der Waals surface area contributed by atoms with E-state index in [1.165, 1.54) is 17.5 Å². The minimum atomic E-state index is -0.306. The summed E-state index contributed by atoms with van der Waals surface area (Å²) in [6.07, 6.45) is 1.20. The van der Waals surface area contributed by atoms with Gasteiger partial charge in [0.2, 0.25) is 0 Å². The molecule has 1 aromatic carbocycles. The number of rotatable bonds is 12. The lowest BCUT2D eigenvalue weighted by Crippen LogP contribution is -2.59.